The SMILES string of the molecule is NC(=O)c1sc2nc(C(F)F)cc(-c3ccco3)c2c1NC(=O)c1ccc(COc2ccccc2[N+](=O)[O-])o1. The summed E-state index contributed by atoms with van der Waals surface area (Å²) in [4.78, 5) is 39.8. The summed E-state index contributed by atoms with van der Waals surface area (Å²) in [6.07, 6.45) is -1.55. The number of hydrogen-bond acceptors (Lipinski definition) is 9. The van der Waals surface area contributed by atoms with E-state index >= 15 is 0 Å². The minimum absolute atomic E-state index is 0.0156. The maximum Gasteiger partial charge on any atom is 0.310 e. The number of carbonyl (C=O) groups is 2. The number of nitro groups is 1. The van der Waals surface area contributed by atoms with Gasteiger partial charge in [-0.2, -0.15) is 0 Å². The highest BCUT2D eigenvalue weighted by Crippen LogP contribution is 2.42. The van der Waals surface area contributed by atoms with Crippen LogP contribution in [0, 0.1) is 10.1 Å². The number of alkyl halides is 2. The van der Waals surface area contributed by atoms with E-state index in [1.807, 2.05) is 0 Å². The van der Waals surface area contributed by atoms with Crippen LogP contribution in [-0.2, 0) is 6.61 Å². The lowest BCUT2D eigenvalue weighted by Crippen LogP contribution is -2.16. The highest BCUT2D eigenvalue weighted by Gasteiger charge is 2.26. The number of thiophene rings is 1. The number of para-hydroxylation sites is 2. The number of primary amides is 1. The summed E-state index contributed by atoms with van der Waals surface area (Å²) in [6.45, 7) is -0.213. The summed E-state index contributed by atoms with van der Waals surface area (Å²) in [7, 11) is 0. The van der Waals surface area contributed by atoms with Crippen molar-refractivity contribution in [2.75, 3.05) is 5.32 Å². The first-order valence-electron chi connectivity index (χ1n) is 11.1. The monoisotopic (exact) mass is 554 g/mol. The van der Waals surface area contributed by atoms with Gasteiger partial charge in [0.05, 0.1) is 16.9 Å². The first-order valence-corrected chi connectivity index (χ1v) is 11.9. The molecule has 4 aromatic heterocycles. The number of amides is 2. The van der Waals surface area contributed by atoms with Crippen molar-refractivity contribution in [3.63, 3.8) is 0 Å². The van der Waals surface area contributed by atoms with E-state index < -0.39 is 28.9 Å². The maximum absolute atomic E-state index is 13.5. The van der Waals surface area contributed by atoms with Crippen molar-refractivity contribution < 1.29 is 36.9 Å². The number of furan rings is 2. The zero-order valence-corrected chi connectivity index (χ0v) is 20.4. The molecule has 198 valence electrons. The molecule has 3 N–H and O–H groups in total. The van der Waals surface area contributed by atoms with E-state index in [-0.39, 0.29) is 61.7 Å². The Labute approximate surface area is 221 Å². The zero-order chi connectivity index (χ0) is 27.7. The smallest absolute Gasteiger partial charge is 0.310 e. The number of nitrogens with one attached hydrogen (secondary N) is 1. The van der Waals surface area contributed by atoms with Gasteiger partial charge in [-0.1, -0.05) is 12.1 Å². The Morgan fingerprint density at radius 2 is 1.97 bits per heavy atom. The highest BCUT2D eigenvalue weighted by molar-refractivity contribution is 7.21. The third kappa shape index (κ3) is 5.04. The molecule has 0 fully saturated rings. The van der Waals surface area contributed by atoms with E-state index in [1.165, 1.54) is 42.7 Å². The summed E-state index contributed by atoms with van der Waals surface area (Å²) in [5, 5.41) is 13.9. The van der Waals surface area contributed by atoms with Gasteiger partial charge in [-0.05, 0) is 36.4 Å². The molecule has 4 heterocycles. The number of hydrogen-bond donors (Lipinski definition) is 2. The molecule has 39 heavy (non-hydrogen) atoms. The summed E-state index contributed by atoms with van der Waals surface area (Å²) in [5.41, 5.74) is 4.88. The molecule has 0 unspecified atom stereocenters. The van der Waals surface area contributed by atoms with Crippen molar-refractivity contribution in [3.8, 4) is 17.1 Å². The highest BCUT2D eigenvalue weighted by atomic mass is 32.1. The fourth-order valence-corrected chi connectivity index (χ4v) is 4.79. The van der Waals surface area contributed by atoms with Crippen molar-refractivity contribution in [2.45, 2.75) is 13.0 Å². The van der Waals surface area contributed by atoms with Gasteiger partial charge in [0.15, 0.2) is 11.5 Å². The van der Waals surface area contributed by atoms with Crippen LogP contribution in [0.15, 0.2) is 69.7 Å². The van der Waals surface area contributed by atoms with Crippen molar-refractivity contribution >= 4 is 44.7 Å². The maximum atomic E-state index is 13.5. The Morgan fingerprint density at radius 3 is 2.67 bits per heavy atom. The van der Waals surface area contributed by atoms with Crippen LogP contribution in [0.2, 0.25) is 0 Å². The molecule has 5 aromatic rings. The summed E-state index contributed by atoms with van der Waals surface area (Å²) in [6, 6.07) is 12.8. The standard InChI is InChI=1S/C25H16F2N4O7S/c26-22(27)14-10-13(16-6-3-9-36-16)19-20(21(23(28)32)39-25(19)29-14)30-24(33)18-8-7-12(38-18)11-37-17-5-2-1-4-15(17)31(34)35/h1-10,22H,11H2,(H2,28,32)(H,30,33). The van der Waals surface area contributed by atoms with E-state index in [2.05, 4.69) is 10.3 Å². The van der Waals surface area contributed by atoms with Crippen LogP contribution < -0.4 is 15.8 Å². The lowest BCUT2D eigenvalue weighted by molar-refractivity contribution is -0.386. The molecule has 14 heteroatoms. The van der Waals surface area contributed by atoms with Crippen molar-refractivity contribution in [3.05, 3.63) is 93.1 Å². The molecular formula is C25H16F2N4O7S. The van der Waals surface area contributed by atoms with Crippen LogP contribution in [0.3, 0.4) is 0 Å². The molecule has 0 spiro atoms. The number of benzene rings is 1. The minimum atomic E-state index is -2.90. The van der Waals surface area contributed by atoms with Gasteiger partial charge in [0.1, 0.15) is 33.5 Å². The number of nitrogens with two attached hydrogens (primary N) is 1. The van der Waals surface area contributed by atoms with Gasteiger partial charge in [0.25, 0.3) is 18.2 Å². The van der Waals surface area contributed by atoms with E-state index in [4.69, 9.17) is 19.3 Å². The third-order valence-corrected chi connectivity index (χ3v) is 6.57. The number of halogens is 2. The lowest BCUT2D eigenvalue weighted by Gasteiger charge is -2.09. The zero-order valence-electron chi connectivity index (χ0n) is 19.6. The number of rotatable bonds is 9. The van der Waals surface area contributed by atoms with Crippen LogP contribution in [-0.4, -0.2) is 21.7 Å². The predicted molar refractivity (Wildman–Crippen MR) is 135 cm³/mol. The number of carbonyl (C=O) groups excluding carboxylic acids is 2. The predicted octanol–water partition coefficient (Wildman–Crippen LogP) is 5.93. The molecule has 2 amide bonds. The normalized spacial score (nSPS) is 11.2. The van der Waals surface area contributed by atoms with Gasteiger partial charge in [0.2, 0.25) is 0 Å². The van der Waals surface area contributed by atoms with Crippen LogP contribution in [0.25, 0.3) is 21.5 Å². The second-order valence-electron chi connectivity index (χ2n) is 7.96. The van der Waals surface area contributed by atoms with Gasteiger partial charge < -0.3 is 24.6 Å². The second kappa shape index (κ2) is 10.3. The first kappa shape index (κ1) is 25.5. The first-order chi connectivity index (χ1) is 18.7. The van der Waals surface area contributed by atoms with Gasteiger partial charge in [-0.15, -0.1) is 11.3 Å². The Kier molecular flexibility index (Phi) is 6.77. The number of nitrogens with zero attached hydrogens (tertiary/aromatic N) is 2. The molecule has 1 aromatic carbocycles. The second-order valence-corrected chi connectivity index (χ2v) is 8.96. The largest absolute Gasteiger partial charge is 0.479 e. The molecule has 0 aliphatic heterocycles. The van der Waals surface area contributed by atoms with Gasteiger partial charge in [0, 0.05) is 17.0 Å². The lowest BCUT2D eigenvalue weighted by atomic mass is 10.1. The number of anilines is 1. The fraction of sp³-hybridized carbons (Fsp3) is 0.0800. The Morgan fingerprint density at radius 1 is 1.18 bits per heavy atom. The molecule has 5 rings (SSSR count). The topological polar surface area (TPSA) is 164 Å². The average molecular weight is 554 g/mol. The number of pyridine rings is 1. The summed E-state index contributed by atoms with van der Waals surface area (Å²) < 4.78 is 43.5. The van der Waals surface area contributed by atoms with Gasteiger partial charge >= 0.3 is 5.69 Å². The molecule has 0 radical (unpaired) electrons. The molecule has 0 aliphatic rings. The third-order valence-electron chi connectivity index (χ3n) is 5.47. The van der Waals surface area contributed by atoms with Gasteiger partial charge in [-0.25, -0.2) is 13.8 Å². The van der Waals surface area contributed by atoms with E-state index in [0.717, 1.165) is 17.4 Å². The number of ether oxygens (including phenoxy) is 1. The van der Waals surface area contributed by atoms with Crippen LogP contribution in [0.5, 0.6) is 5.75 Å². The van der Waals surface area contributed by atoms with Crippen molar-refractivity contribution in [2.24, 2.45) is 5.73 Å². The van der Waals surface area contributed by atoms with E-state index in [9.17, 15) is 28.5 Å². The molecule has 0 bridgehead atoms. The number of nitro benzene ring substituents is 1. The average Bonchev–Trinajstić information content (AvgIpc) is 3.67. The molecular weight excluding hydrogens is 538 g/mol. The van der Waals surface area contributed by atoms with Crippen molar-refractivity contribution in [1.82, 2.24) is 4.98 Å². The van der Waals surface area contributed by atoms with Crippen LogP contribution in [0.1, 0.15) is 38.1 Å². The fourth-order valence-electron chi connectivity index (χ4n) is 3.78. The molecule has 0 saturated carbocycles. The van der Waals surface area contributed by atoms with Crippen molar-refractivity contribution in [1.29, 1.82) is 0 Å². The number of fused-ring (bicyclic) bond motifs is 1. The van der Waals surface area contributed by atoms with Crippen LogP contribution in [0.4, 0.5) is 20.2 Å². The van der Waals surface area contributed by atoms with Crippen LogP contribution >= 0.6 is 11.3 Å². The Hall–Kier alpha value is -5.11. The summed E-state index contributed by atoms with van der Waals surface area (Å²) >= 11 is 0.746. The van der Waals surface area contributed by atoms with Gasteiger partial charge in [-0.3, -0.25) is 19.7 Å². The van der Waals surface area contributed by atoms with E-state index in [1.54, 1.807) is 12.1 Å². The Balaban J connectivity index is 1.46. The molecule has 0 aliphatic carbocycles. The summed E-state index contributed by atoms with van der Waals surface area (Å²) in [5.74, 6) is -1.46. The quantitative estimate of drug-likeness (QED) is 0.167. The molecule has 0 atom stereocenters. The molecule has 0 saturated heterocycles. The number of aromatic nitrogens is 1. The van der Waals surface area contributed by atoms with E-state index in [0.29, 0.717) is 0 Å². The Bertz CT molecular complexity index is 1710. The minimum Gasteiger partial charge on any atom is -0.479 e. The molecule has 11 nitrogen and oxygen atoms in total.